The van der Waals surface area contributed by atoms with Gasteiger partial charge in [0.2, 0.25) is 0 Å². The maximum Gasteiger partial charge on any atom is 0.0710 e. The average molecular weight is 322 g/mol. The molecule has 0 amide bonds. The minimum atomic E-state index is 0.278. The van der Waals surface area contributed by atoms with Gasteiger partial charge >= 0.3 is 0 Å². The summed E-state index contributed by atoms with van der Waals surface area (Å²) in [5.74, 6) is 1.78. The summed E-state index contributed by atoms with van der Waals surface area (Å²) in [6.07, 6.45) is 15.5. The van der Waals surface area contributed by atoms with Crippen molar-refractivity contribution in [2.45, 2.75) is 82.3 Å². The molecule has 2 unspecified atom stereocenters. The van der Waals surface area contributed by atoms with Crippen molar-refractivity contribution in [2.75, 3.05) is 32.8 Å². The molecule has 3 aliphatic heterocycles. The third-order valence-corrected chi connectivity index (χ3v) is 7.08. The number of rotatable bonds is 3. The monoisotopic (exact) mass is 321 g/mol. The molecular weight excluding hydrogens is 286 g/mol. The Balaban J connectivity index is 1.22. The van der Waals surface area contributed by atoms with E-state index < -0.39 is 0 Å². The molecule has 0 aromatic carbocycles. The van der Waals surface area contributed by atoms with E-state index >= 15 is 0 Å². The Morgan fingerprint density at radius 1 is 0.826 bits per heavy atom. The van der Waals surface area contributed by atoms with E-state index in [1.54, 1.807) is 0 Å². The molecule has 4 aliphatic rings. The van der Waals surface area contributed by atoms with Crippen LogP contribution in [0.3, 0.4) is 0 Å². The van der Waals surface area contributed by atoms with Crippen LogP contribution in [0.15, 0.2) is 0 Å². The maximum atomic E-state index is 6.64. The van der Waals surface area contributed by atoms with Crippen LogP contribution in [0.4, 0.5) is 0 Å². The second-order valence-electron chi connectivity index (χ2n) is 8.64. The van der Waals surface area contributed by atoms with Crippen molar-refractivity contribution in [2.24, 2.45) is 11.8 Å². The van der Waals surface area contributed by atoms with E-state index in [0.29, 0.717) is 6.10 Å². The highest BCUT2D eigenvalue weighted by atomic mass is 16.5. The first kappa shape index (κ1) is 16.4. The second-order valence-corrected chi connectivity index (χ2v) is 8.64. The Labute approximate surface area is 142 Å². The molecule has 4 rings (SSSR count). The van der Waals surface area contributed by atoms with Crippen LogP contribution in [0.5, 0.6) is 0 Å². The average Bonchev–Trinajstić information content (AvgIpc) is 3.17. The van der Waals surface area contributed by atoms with Crippen LogP contribution in [0.1, 0.15) is 70.6 Å². The van der Waals surface area contributed by atoms with Gasteiger partial charge in [-0.05, 0) is 69.9 Å². The molecule has 1 saturated carbocycles. The summed E-state index contributed by atoms with van der Waals surface area (Å²) in [7, 11) is 0. The SMILES string of the molecule is C1CCCC2(CC1)CCC(CN1CCC(C3CCOC3)CC1)O2. The predicted octanol–water partition coefficient (Wildman–Crippen LogP) is 4.01. The summed E-state index contributed by atoms with van der Waals surface area (Å²) in [4.78, 5) is 2.69. The molecule has 0 bridgehead atoms. The van der Waals surface area contributed by atoms with E-state index in [9.17, 15) is 0 Å². The van der Waals surface area contributed by atoms with E-state index in [0.717, 1.165) is 25.0 Å². The van der Waals surface area contributed by atoms with Crippen LogP contribution in [0, 0.1) is 11.8 Å². The topological polar surface area (TPSA) is 21.7 Å². The first-order chi connectivity index (χ1) is 11.3. The molecule has 3 saturated heterocycles. The number of ether oxygens (including phenoxy) is 2. The van der Waals surface area contributed by atoms with Crippen LogP contribution in [0.25, 0.3) is 0 Å². The molecule has 0 aromatic rings. The van der Waals surface area contributed by atoms with Gasteiger partial charge < -0.3 is 14.4 Å². The molecule has 23 heavy (non-hydrogen) atoms. The van der Waals surface area contributed by atoms with Crippen molar-refractivity contribution in [1.29, 1.82) is 0 Å². The maximum absolute atomic E-state index is 6.64. The lowest BCUT2D eigenvalue weighted by molar-refractivity contribution is -0.0630. The first-order valence-corrected chi connectivity index (χ1v) is 10.3. The highest BCUT2D eigenvalue weighted by Gasteiger charge is 2.40. The minimum Gasteiger partial charge on any atom is -0.381 e. The van der Waals surface area contributed by atoms with Gasteiger partial charge in [-0.15, -0.1) is 0 Å². The van der Waals surface area contributed by atoms with Gasteiger partial charge in [0.15, 0.2) is 0 Å². The fourth-order valence-electron chi connectivity index (χ4n) is 5.58. The summed E-state index contributed by atoms with van der Waals surface area (Å²) >= 11 is 0. The normalized spacial score (nSPS) is 36.5. The molecule has 3 nitrogen and oxygen atoms in total. The van der Waals surface area contributed by atoms with Gasteiger partial charge in [0, 0.05) is 19.8 Å². The van der Waals surface area contributed by atoms with Crippen LogP contribution >= 0.6 is 0 Å². The zero-order chi connectivity index (χ0) is 15.5. The number of hydrogen-bond acceptors (Lipinski definition) is 3. The zero-order valence-corrected chi connectivity index (χ0v) is 14.8. The zero-order valence-electron chi connectivity index (χ0n) is 14.8. The molecule has 3 heterocycles. The molecule has 132 valence electrons. The molecule has 3 heteroatoms. The Morgan fingerprint density at radius 2 is 1.61 bits per heavy atom. The summed E-state index contributed by atoms with van der Waals surface area (Å²) in [6.45, 7) is 5.79. The second kappa shape index (κ2) is 7.41. The lowest BCUT2D eigenvalue weighted by Gasteiger charge is -2.36. The fraction of sp³-hybridized carbons (Fsp3) is 1.00. The highest BCUT2D eigenvalue weighted by molar-refractivity contribution is 4.92. The van der Waals surface area contributed by atoms with Gasteiger partial charge in [0.1, 0.15) is 0 Å². The van der Waals surface area contributed by atoms with Gasteiger partial charge in [-0.2, -0.15) is 0 Å². The summed E-state index contributed by atoms with van der Waals surface area (Å²) in [6, 6.07) is 0. The first-order valence-electron chi connectivity index (χ1n) is 10.3. The van der Waals surface area contributed by atoms with Crippen LogP contribution in [-0.4, -0.2) is 49.5 Å². The molecule has 0 radical (unpaired) electrons. The molecule has 0 aromatic heterocycles. The standard InChI is InChI=1S/C20H35NO2/c1-2-4-10-20(9-3-1)11-5-19(23-20)15-21-12-6-17(7-13-21)18-8-14-22-16-18/h17-19H,1-16H2. The smallest absolute Gasteiger partial charge is 0.0710 e. The quantitative estimate of drug-likeness (QED) is 0.784. The Bertz CT molecular complexity index is 364. The van der Waals surface area contributed by atoms with Crippen molar-refractivity contribution < 1.29 is 9.47 Å². The van der Waals surface area contributed by atoms with Gasteiger partial charge in [-0.25, -0.2) is 0 Å². The third kappa shape index (κ3) is 3.93. The lowest BCUT2D eigenvalue weighted by atomic mass is 9.84. The van der Waals surface area contributed by atoms with Crippen molar-refractivity contribution in [3.63, 3.8) is 0 Å². The van der Waals surface area contributed by atoms with Crippen molar-refractivity contribution in [1.82, 2.24) is 4.90 Å². The van der Waals surface area contributed by atoms with E-state index in [1.165, 1.54) is 90.3 Å². The molecular formula is C20H35NO2. The Kier molecular flexibility index (Phi) is 5.27. The van der Waals surface area contributed by atoms with E-state index in [1.807, 2.05) is 0 Å². The Hall–Kier alpha value is -0.120. The van der Waals surface area contributed by atoms with Crippen LogP contribution in [0.2, 0.25) is 0 Å². The predicted molar refractivity (Wildman–Crippen MR) is 92.6 cm³/mol. The Morgan fingerprint density at radius 3 is 2.30 bits per heavy atom. The highest BCUT2D eigenvalue weighted by Crippen LogP contribution is 2.41. The number of hydrogen-bond donors (Lipinski definition) is 0. The van der Waals surface area contributed by atoms with E-state index in [2.05, 4.69) is 4.90 Å². The number of likely N-dealkylation sites (tertiary alicyclic amines) is 1. The van der Waals surface area contributed by atoms with Gasteiger partial charge in [-0.3, -0.25) is 0 Å². The minimum absolute atomic E-state index is 0.278. The number of nitrogens with zero attached hydrogens (tertiary/aromatic N) is 1. The number of piperidine rings is 1. The fourth-order valence-corrected chi connectivity index (χ4v) is 5.58. The molecule has 1 spiro atoms. The van der Waals surface area contributed by atoms with Gasteiger partial charge in [-0.1, -0.05) is 25.7 Å². The van der Waals surface area contributed by atoms with Gasteiger partial charge in [0.05, 0.1) is 11.7 Å². The third-order valence-electron chi connectivity index (χ3n) is 7.08. The molecule has 0 N–H and O–H groups in total. The largest absolute Gasteiger partial charge is 0.381 e. The van der Waals surface area contributed by atoms with Crippen LogP contribution in [-0.2, 0) is 9.47 Å². The van der Waals surface area contributed by atoms with Crippen LogP contribution < -0.4 is 0 Å². The van der Waals surface area contributed by atoms with Gasteiger partial charge in [0.25, 0.3) is 0 Å². The van der Waals surface area contributed by atoms with E-state index in [4.69, 9.17) is 9.47 Å². The molecule has 4 fully saturated rings. The lowest BCUT2D eigenvalue weighted by Crippen LogP contribution is -2.41. The molecule has 2 atom stereocenters. The summed E-state index contributed by atoms with van der Waals surface area (Å²) < 4.78 is 12.2. The summed E-state index contributed by atoms with van der Waals surface area (Å²) in [5.41, 5.74) is 0.278. The van der Waals surface area contributed by atoms with Crippen molar-refractivity contribution in [3.8, 4) is 0 Å². The van der Waals surface area contributed by atoms with E-state index in [-0.39, 0.29) is 5.60 Å². The molecule has 1 aliphatic carbocycles. The van der Waals surface area contributed by atoms with Crippen molar-refractivity contribution in [3.05, 3.63) is 0 Å². The van der Waals surface area contributed by atoms with Crippen molar-refractivity contribution >= 4 is 0 Å². The summed E-state index contributed by atoms with van der Waals surface area (Å²) in [5, 5.41) is 0.